The van der Waals surface area contributed by atoms with E-state index in [9.17, 15) is 14.9 Å². The zero-order valence-electron chi connectivity index (χ0n) is 16.7. The lowest BCUT2D eigenvalue weighted by Crippen LogP contribution is -2.30. The molecule has 1 aliphatic rings. The van der Waals surface area contributed by atoms with Crippen molar-refractivity contribution in [1.82, 2.24) is 5.32 Å². The number of hydrogen-bond donors (Lipinski definition) is 1. The number of carbonyl (C=O) groups is 2. The van der Waals surface area contributed by atoms with Crippen molar-refractivity contribution < 1.29 is 9.59 Å². The Morgan fingerprint density at radius 2 is 1.83 bits per heavy atom. The number of carbonyl (C=O) groups excluding carboxylic acids is 2. The minimum Gasteiger partial charge on any atom is -0.347 e. The molecule has 1 N–H and O–H groups in total. The average Bonchev–Trinajstić information content (AvgIpc) is 3.02. The summed E-state index contributed by atoms with van der Waals surface area (Å²) in [6.45, 7) is 6.30. The van der Waals surface area contributed by atoms with E-state index in [2.05, 4.69) is 19.2 Å². The lowest BCUT2D eigenvalue weighted by Gasteiger charge is -2.19. The Morgan fingerprint density at radius 1 is 1.17 bits per heavy atom. The molecular formula is C23H23N3O2S. The fourth-order valence-electron chi connectivity index (χ4n) is 3.04. The van der Waals surface area contributed by atoms with Crippen molar-refractivity contribution >= 4 is 29.3 Å². The van der Waals surface area contributed by atoms with E-state index in [1.165, 1.54) is 16.7 Å². The molecular weight excluding hydrogens is 382 g/mol. The average molecular weight is 406 g/mol. The Bertz CT molecular complexity index is 975. The van der Waals surface area contributed by atoms with Crippen LogP contribution in [0.25, 0.3) is 0 Å². The van der Waals surface area contributed by atoms with Gasteiger partial charge in [0.15, 0.2) is 0 Å². The van der Waals surface area contributed by atoms with Crippen molar-refractivity contribution in [2.24, 2.45) is 0 Å². The molecule has 5 nitrogen and oxygen atoms in total. The van der Waals surface area contributed by atoms with Crippen LogP contribution in [0.5, 0.6) is 0 Å². The maximum Gasteiger partial charge on any atom is 0.264 e. The largest absolute Gasteiger partial charge is 0.347 e. The maximum atomic E-state index is 12.8. The van der Waals surface area contributed by atoms with Gasteiger partial charge in [-0.15, -0.1) is 0 Å². The van der Waals surface area contributed by atoms with E-state index in [-0.39, 0.29) is 16.7 Å². The van der Waals surface area contributed by atoms with Crippen LogP contribution in [0.3, 0.4) is 0 Å². The third-order valence-electron chi connectivity index (χ3n) is 4.73. The molecule has 1 unspecified atom stereocenters. The van der Waals surface area contributed by atoms with Gasteiger partial charge in [0.1, 0.15) is 16.7 Å². The topological polar surface area (TPSA) is 73.2 Å². The Kier molecular flexibility index (Phi) is 6.40. The predicted octanol–water partition coefficient (Wildman–Crippen LogP) is 4.33. The zero-order chi connectivity index (χ0) is 21.0. The molecule has 0 radical (unpaired) electrons. The molecule has 148 valence electrons. The second-order valence-electron chi connectivity index (χ2n) is 7.14. The fourth-order valence-corrected chi connectivity index (χ4v) is 4.14. The molecule has 1 heterocycles. The van der Waals surface area contributed by atoms with E-state index in [0.29, 0.717) is 23.2 Å². The predicted molar refractivity (Wildman–Crippen MR) is 116 cm³/mol. The Morgan fingerprint density at radius 3 is 2.41 bits per heavy atom. The quantitative estimate of drug-likeness (QED) is 0.594. The molecule has 1 aliphatic heterocycles. The first-order valence-electron chi connectivity index (χ1n) is 9.49. The molecule has 1 fully saturated rings. The van der Waals surface area contributed by atoms with Crippen LogP contribution >= 0.6 is 11.8 Å². The molecule has 0 aliphatic carbocycles. The van der Waals surface area contributed by atoms with Crippen molar-refractivity contribution in [3.63, 3.8) is 0 Å². The van der Waals surface area contributed by atoms with Gasteiger partial charge >= 0.3 is 0 Å². The SMILES string of the molecule is CC1S/C(=C(/C#N)C(=O)NCc2ccccc2)N(c2ccc(C(C)C)cc2)C1=O. The second-order valence-corrected chi connectivity index (χ2v) is 8.47. The van der Waals surface area contributed by atoms with Crippen LogP contribution in [0.2, 0.25) is 0 Å². The minimum atomic E-state index is -0.482. The number of thioether (sulfide) groups is 1. The van der Waals surface area contributed by atoms with E-state index in [4.69, 9.17) is 0 Å². The number of benzene rings is 2. The lowest BCUT2D eigenvalue weighted by atomic mass is 10.0. The molecule has 1 atom stereocenters. The highest BCUT2D eigenvalue weighted by Crippen LogP contribution is 2.40. The fraction of sp³-hybridized carbons (Fsp3) is 0.261. The van der Waals surface area contributed by atoms with Gasteiger partial charge in [-0.05, 0) is 36.1 Å². The van der Waals surface area contributed by atoms with Crippen LogP contribution in [-0.2, 0) is 16.1 Å². The molecule has 0 spiro atoms. The van der Waals surface area contributed by atoms with Crippen molar-refractivity contribution in [3.8, 4) is 6.07 Å². The lowest BCUT2D eigenvalue weighted by molar-refractivity contribution is -0.117. The molecule has 29 heavy (non-hydrogen) atoms. The number of amides is 2. The summed E-state index contributed by atoms with van der Waals surface area (Å²) in [7, 11) is 0. The maximum absolute atomic E-state index is 12.8. The monoisotopic (exact) mass is 405 g/mol. The number of rotatable bonds is 5. The third kappa shape index (κ3) is 4.52. The summed E-state index contributed by atoms with van der Waals surface area (Å²) in [6.07, 6.45) is 0. The highest BCUT2D eigenvalue weighted by atomic mass is 32.2. The van der Waals surface area contributed by atoms with Crippen molar-refractivity contribution in [2.45, 2.75) is 38.5 Å². The van der Waals surface area contributed by atoms with Crippen molar-refractivity contribution in [2.75, 3.05) is 4.90 Å². The van der Waals surface area contributed by atoms with Gasteiger partial charge in [0.25, 0.3) is 5.91 Å². The highest BCUT2D eigenvalue weighted by Gasteiger charge is 2.38. The first kappa shape index (κ1) is 20.7. The third-order valence-corrected chi connectivity index (χ3v) is 5.89. The van der Waals surface area contributed by atoms with E-state index >= 15 is 0 Å². The van der Waals surface area contributed by atoms with Gasteiger partial charge in [0.05, 0.1) is 5.25 Å². The smallest absolute Gasteiger partial charge is 0.264 e. The first-order chi connectivity index (χ1) is 13.9. The van der Waals surface area contributed by atoms with E-state index in [1.54, 1.807) is 6.92 Å². The van der Waals surface area contributed by atoms with Gasteiger partial charge in [-0.3, -0.25) is 14.5 Å². The molecule has 0 bridgehead atoms. The molecule has 2 aromatic carbocycles. The van der Waals surface area contributed by atoms with E-state index in [0.717, 1.165) is 11.1 Å². The molecule has 0 saturated carbocycles. The van der Waals surface area contributed by atoms with Crippen LogP contribution in [0.15, 0.2) is 65.2 Å². The van der Waals surface area contributed by atoms with Crippen LogP contribution in [-0.4, -0.2) is 17.1 Å². The first-order valence-corrected chi connectivity index (χ1v) is 10.4. The number of nitriles is 1. The summed E-state index contributed by atoms with van der Waals surface area (Å²) in [6, 6.07) is 19.2. The second kappa shape index (κ2) is 8.97. The number of nitrogens with one attached hydrogen (secondary N) is 1. The standard InChI is InChI=1S/C23H23N3O2S/c1-15(2)18-9-11-19(12-10-18)26-22(28)16(3)29-23(26)20(13-24)21(27)25-14-17-7-5-4-6-8-17/h4-12,15-16H,14H2,1-3H3,(H,25,27)/b23-20-. The highest BCUT2D eigenvalue weighted by molar-refractivity contribution is 8.05. The molecule has 6 heteroatoms. The van der Waals surface area contributed by atoms with Gasteiger partial charge in [0, 0.05) is 12.2 Å². The summed E-state index contributed by atoms with van der Waals surface area (Å²) >= 11 is 1.24. The van der Waals surface area contributed by atoms with Gasteiger partial charge in [-0.2, -0.15) is 5.26 Å². The van der Waals surface area contributed by atoms with Gasteiger partial charge < -0.3 is 5.32 Å². The van der Waals surface area contributed by atoms with Gasteiger partial charge in [-0.1, -0.05) is 68.1 Å². The normalized spacial score (nSPS) is 18.0. The number of hydrogen-bond acceptors (Lipinski definition) is 4. The minimum absolute atomic E-state index is 0.0448. The molecule has 0 aromatic heterocycles. The summed E-state index contributed by atoms with van der Waals surface area (Å²) in [5.41, 5.74) is 2.71. The van der Waals surface area contributed by atoms with Crippen molar-refractivity contribution in [1.29, 1.82) is 5.26 Å². The van der Waals surface area contributed by atoms with Crippen LogP contribution < -0.4 is 10.2 Å². The summed E-state index contributed by atoms with van der Waals surface area (Å²) in [5.74, 6) is -0.240. The van der Waals surface area contributed by atoms with Crippen molar-refractivity contribution in [3.05, 3.63) is 76.3 Å². The van der Waals surface area contributed by atoms with E-state index in [1.807, 2.05) is 60.7 Å². The van der Waals surface area contributed by atoms with E-state index < -0.39 is 5.91 Å². The summed E-state index contributed by atoms with van der Waals surface area (Å²) in [5, 5.41) is 12.5. The molecule has 2 amide bonds. The summed E-state index contributed by atoms with van der Waals surface area (Å²) in [4.78, 5) is 27.0. The zero-order valence-corrected chi connectivity index (χ0v) is 17.5. The van der Waals surface area contributed by atoms with Gasteiger partial charge in [0.2, 0.25) is 5.91 Å². The Hall–Kier alpha value is -3.04. The molecule has 1 saturated heterocycles. The molecule has 2 aromatic rings. The summed E-state index contributed by atoms with van der Waals surface area (Å²) < 4.78 is 0. The molecule has 3 rings (SSSR count). The van der Waals surface area contributed by atoms with Crippen LogP contribution in [0, 0.1) is 11.3 Å². The van der Waals surface area contributed by atoms with Crippen LogP contribution in [0.1, 0.15) is 37.8 Å². The van der Waals surface area contributed by atoms with Gasteiger partial charge in [-0.25, -0.2) is 0 Å². The number of anilines is 1. The Balaban J connectivity index is 1.90. The number of nitrogens with zero attached hydrogens (tertiary/aromatic N) is 2. The Labute approximate surface area is 175 Å². The van der Waals surface area contributed by atoms with Crippen LogP contribution in [0.4, 0.5) is 5.69 Å².